The molecule has 0 saturated heterocycles. The topological polar surface area (TPSA) is 37.8 Å². The van der Waals surface area contributed by atoms with E-state index in [0.29, 0.717) is 16.3 Å². The molecule has 0 atom stereocenters. The summed E-state index contributed by atoms with van der Waals surface area (Å²) in [6, 6.07) is 1.67. The molecule has 1 fully saturated rings. The first-order valence-electron chi connectivity index (χ1n) is 5.43. The van der Waals surface area contributed by atoms with Gasteiger partial charge in [-0.1, -0.05) is 0 Å². The van der Waals surface area contributed by atoms with Crippen molar-refractivity contribution < 1.29 is 13.2 Å². The van der Waals surface area contributed by atoms with Crippen molar-refractivity contribution in [3.63, 3.8) is 0 Å². The van der Waals surface area contributed by atoms with Gasteiger partial charge >= 0.3 is 5.51 Å². The number of rotatable bonds is 5. The average Bonchev–Trinajstić information content (AvgIpc) is 3.06. The minimum atomic E-state index is -4.17. The zero-order valence-electron chi connectivity index (χ0n) is 9.30. The van der Waals surface area contributed by atoms with Crippen molar-refractivity contribution in [3.8, 4) is 0 Å². The molecule has 0 radical (unpaired) electrons. The third-order valence-electron chi connectivity index (χ3n) is 2.33. The highest BCUT2D eigenvalue weighted by Gasteiger charge is 2.28. The van der Waals surface area contributed by atoms with Gasteiger partial charge in [-0.3, -0.25) is 0 Å². The number of alkyl halides is 3. The molecule has 0 spiro atoms. The summed E-state index contributed by atoms with van der Waals surface area (Å²) in [4.78, 5) is 8.53. The fourth-order valence-corrected chi connectivity index (χ4v) is 2.23. The number of aromatic nitrogens is 2. The molecule has 1 aliphatic carbocycles. The van der Waals surface area contributed by atoms with Gasteiger partial charge in [0, 0.05) is 24.3 Å². The van der Waals surface area contributed by atoms with Crippen molar-refractivity contribution in [2.24, 2.45) is 0 Å². The van der Waals surface area contributed by atoms with Crippen LogP contribution in [0.2, 0.25) is 0 Å². The lowest BCUT2D eigenvalue weighted by Crippen LogP contribution is -2.11. The number of halogens is 4. The first-order valence-corrected chi connectivity index (χ1v) is 7.21. The van der Waals surface area contributed by atoms with Crippen LogP contribution in [0.4, 0.5) is 19.0 Å². The third-order valence-corrected chi connectivity index (χ3v) is 3.47. The molecule has 1 aliphatic rings. The van der Waals surface area contributed by atoms with E-state index in [4.69, 9.17) is 0 Å². The van der Waals surface area contributed by atoms with Crippen LogP contribution in [0.5, 0.6) is 0 Å². The van der Waals surface area contributed by atoms with E-state index >= 15 is 0 Å². The molecule has 2 rings (SSSR count). The summed E-state index contributed by atoms with van der Waals surface area (Å²) in [5, 5.41) is 2.88. The minimum absolute atomic E-state index is 0.0378. The first kappa shape index (κ1) is 13.9. The van der Waals surface area contributed by atoms with E-state index < -0.39 is 5.51 Å². The molecule has 0 aromatic carbocycles. The maximum atomic E-state index is 11.9. The predicted octanol–water partition coefficient (Wildman–Crippen LogP) is 3.78. The molecule has 0 amide bonds. The second-order valence-electron chi connectivity index (χ2n) is 3.93. The Morgan fingerprint density at radius 3 is 2.72 bits per heavy atom. The number of hydrogen-bond donors (Lipinski definition) is 1. The molecule has 8 heteroatoms. The largest absolute Gasteiger partial charge is 0.441 e. The van der Waals surface area contributed by atoms with Crippen molar-refractivity contribution in [3.05, 3.63) is 16.5 Å². The Balaban J connectivity index is 1.85. The van der Waals surface area contributed by atoms with E-state index in [1.165, 1.54) is 0 Å². The molecule has 1 heterocycles. The number of hydrogen-bond acceptors (Lipinski definition) is 4. The van der Waals surface area contributed by atoms with E-state index in [1.807, 2.05) is 0 Å². The molecule has 3 nitrogen and oxygen atoms in total. The normalized spacial score (nSPS) is 15.8. The van der Waals surface area contributed by atoms with Crippen LogP contribution in [0.25, 0.3) is 0 Å². The van der Waals surface area contributed by atoms with Gasteiger partial charge in [-0.15, -0.1) is 0 Å². The number of anilines is 1. The maximum Gasteiger partial charge on any atom is 0.441 e. The Morgan fingerprint density at radius 2 is 2.11 bits per heavy atom. The second-order valence-corrected chi connectivity index (χ2v) is 5.90. The van der Waals surface area contributed by atoms with Gasteiger partial charge in [-0.2, -0.15) is 13.2 Å². The standard InChI is InChI=1S/C10H11BrF3N3S/c11-7-5-8(15-3-4-18-10(12,13)14)17-9(16-7)6-1-2-6/h5-6H,1-4H2,(H,15,16,17). The highest BCUT2D eigenvalue weighted by molar-refractivity contribution is 9.10. The highest BCUT2D eigenvalue weighted by atomic mass is 79.9. The third kappa shape index (κ3) is 4.64. The molecule has 18 heavy (non-hydrogen) atoms. The van der Waals surface area contributed by atoms with E-state index in [-0.39, 0.29) is 24.1 Å². The number of nitrogens with zero attached hydrogens (tertiary/aromatic N) is 2. The lowest BCUT2D eigenvalue weighted by molar-refractivity contribution is -0.0327. The smallest absolute Gasteiger partial charge is 0.369 e. The average molecular weight is 342 g/mol. The summed E-state index contributed by atoms with van der Waals surface area (Å²) in [6.07, 6.45) is 2.17. The van der Waals surface area contributed by atoms with Crippen LogP contribution in [0, 0.1) is 0 Å². The Labute approximate surface area is 115 Å². The van der Waals surface area contributed by atoms with E-state index in [1.54, 1.807) is 6.07 Å². The summed E-state index contributed by atoms with van der Waals surface area (Å²) in [6.45, 7) is 0.220. The molecule has 0 aliphatic heterocycles. The summed E-state index contributed by atoms with van der Waals surface area (Å²) in [5.74, 6) is 1.70. The summed E-state index contributed by atoms with van der Waals surface area (Å²) < 4.78 is 36.4. The lowest BCUT2D eigenvalue weighted by Gasteiger charge is -2.08. The van der Waals surface area contributed by atoms with Crippen molar-refractivity contribution in [2.45, 2.75) is 24.3 Å². The number of nitrogens with one attached hydrogen (secondary N) is 1. The number of thioether (sulfide) groups is 1. The molecular formula is C10H11BrF3N3S. The molecule has 1 N–H and O–H groups in total. The fourth-order valence-electron chi connectivity index (χ4n) is 1.40. The van der Waals surface area contributed by atoms with Crippen molar-refractivity contribution in [1.82, 2.24) is 9.97 Å². The van der Waals surface area contributed by atoms with Crippen LogP contribution < -0.4 is 5.32 Å². The quantitative estimate of drug-likeness (QED) is 0.653. The zero-order valence-corrected chi connectivity index (χ0v) is 11.7. The molecule has 100 valence electrons. The molecule has 1 aromatic rings. The van der Waals surface area contributed by atoms with Gasteiger partial charge in [0.25, 0.3) is 0 Å². The van der Waals surface area contributed by atoms with Gasteiger partial charge in [0.1, 0.15) is 16.2 Å². The SMILES string of the molecule is FC(F)(F)SCCNc1cc(Br)nc(C2CC2)n1. The molecule has 1 saturated carbocycles. The fraction of sp³-hybridized carbons (Fsp3) is 0.600. The van der Waals surface area contributed by atoms with Gasteiger partial charge < -0.3 is 5.32 Å². The van der Waals surface area contributed by atoms with E-state index in [9.17, 15) is 13.2 Å². The monoisotopic (exact) mass is 341 g/mol. The van der Waals surface area contributed by atoms with Gasteiger partial charge in [0.2, 0.25) is 0 Å². The molecular weight excluding hydrogens is 331 g/mol. The van der Waals surface area contributed by atoms with Gasteiger partial charge in [-0.05, 0) is 40.5 Å². The lowest BCUT2D eigenvalue weighted by atomic mass is 10.4. The second kappa shape index (κ2) is 5.64. The Morgan fingerprint density at radius 1 is 1.39 bits per heavy atom. The van der Waals surface area contributed by atoms with Gasteiger partial charge in [-0.25, -0.2) is 9.97 Å². The highest BCUT2D eigenvalue weighted by Crippen LogP contribution is 2.38. The van der Waals surface area contributed by atoms with Crippen molar-refractivity contribution in [2.75, 3.05) is 17.6 Å². The van der Waals surface area contributed by atoms with E-state index in [2.05, 4.69) is 31.2 Å². The molecule has 1 aromatic heterocycles. The summed E-state index contributed by atoms with van der Waals surface area (Å²) in [5.41, 5.74) is -4.17. The van der Waals surface area contributed by atoms with Gasteiger partial charge in [0.15, 0.2) is 0 Å². The molecule has 0 bridgehead atoms. The first-order chi connectivity index (χ1) is 8.44. The Kier molecular flexibility index (Phi) is 4.37. The van der Waals surface area contributed by atoms with Crippen LogP contribution in [-0.4, -0.2) is 27.8 Å². The van der Waals surface area contributed by atoms with Crippen LogP contribution in [-0.2, 0) is 0 Å². The molecule has 0 unspecified atom stereocenters. The maximum absolute atomic E-state index is 11.9. The van der Waals surface area contributed by atoms with Crippen molar-refractivity contribution in [1.29, 1.82) is 0 Å². The van der Waals surface area contributed by atoms with Crippen molar-refractivity contribution >= 4 is 33.5 Å². The van der Waals surface area contributed by atoms with Crippen LogP contribution in [0.3, 0.4) is 0 Å². The zero-order chi connectivity index (χ0) is 13.2. The van der Waals surface area contributed by atoms with Crippen LogP contribution >= 0.6 is 27.7 Å². The Hall–Kier alpha value is -0.500. The van der Waals surface area contributed by atoms with Crippen LogP contribution in [0.15, 0.2) is 10.7 Å². The predicted molar refractivity (Wildman–Crippen MR) is 68.7 cm³/mol. The van der Waals surface area contributed by atoms with Gasteiger partial charge in [0.05, 0.1) is 0 Å². The minimum Gasteiger partial charge on any atom is -0.369 e. The Bertz CT molecular complexity index is 423. The summed E-state index contributed by atoms with van der Waals surface area (Å²) in [7, 11) is 0. The van der Waals surface area contributed by atoms with E-state index in [0.717, 1.165) is 18.7 Å². The van der Waals surface area contributed by atoms with Crippen LogP contribution in [0.1, 0.15) is 24.6 Å². The summed E-state index contributed by atoms with van der Waals surface area (Å²) >= 11 is 3.24.